The summed E-state index contributed by atoms with van der Waals surface area (Å²) in [6.45, 7) is 0.541. The second kappa shape index (κ2) is 9.53. The fraction of sp³-hybridized carbons (Fsp3) is 0.571. The molecule has 1 aromatic carbocycles. The highest BCUT2D eigenvalue weighted by molar-refractivity contribution is 5.98. The number of carbonyl (C=O) groups is 3. The van der Waals surface area contributed by atoms with Crippen LogP contribution in [0.5, 0.6) is 0 Å². The second-order valence-corrected chi connectivity index (χ2v) is 7.50. The topological polar surface area (TPSA) is 78.5 Å². The number of hydrogen-bond donors (Lipinski definition) is 2. The number of likely N-dealkylation sites (tertiary alicyclic amines) is 1. The Bertz CT molecular complexity index is 656. The molecule has 1 unspecified atom stereocenters. The molecule has 6 heteroatoms. The molecule has 1 aliphatic carbocycles. The minimum atomic E-state index is -0.506. The first kappa shape index (κ1) is 19.4. The van der Waals surface area contributed by atoms with E-state index in [1.165, 1.54) is 6.42 Å². The van der Waals surface area contributed by atoms with Crippen molar-refractivity contribution in [1.29, 1.82) is 0 Å². The van der Waals surface area contributed by atoms with Crippen molar-refractivity contribution in [2.45, 2.75) is 63.5 Å². The number of hydrogen-bond acceptors (Lipinski definition) is 3. The van der Waals surface area contributed by atoms with Crippen molar-refractivity contribution in [3.8, 4) is 0 Å². The maximum absolute atomic E-state index is 12.8. The number of nitrogens with one attached hydrogen (secondary N) is 2. The minimum Gasteiger partial charge on any atom is -0.352 e. The average molecular weight is 371 g/mol. The lowest BCUT2D eigenvalue weighted by Crippen LogP contribution is -2.53. The van der Waals surface area contributed by atoms with Gasteiger partial charge in [-0.25, -0.2) is 0 Å². The quantitative estimate of drug-likeness (QED) is 0.833. The highest BCUT2D eigenvalue weighted by Crippen LogP contribution is 2.20. The zero-order valence-corrected chi connectivity index (χ0v) is 15.8. The maximum Gasteiger partial charge on any atom is 0.254 e. The summed E-state index contributed by atoms with van der Waals surface area (Å²) in [6, 6.07) is 8.77. The third kappa shape index (κ3) is 5.31. The van der Waals surface area contributed by atoms with E-state index in [4.69, 9.17) is 0 Å². The molecular formula is C21H29N3O3. The number of nitrogens with zero attached hydrogens (tertiary/aromatic N) is 1. The molecule has 1 saturated heterocycles. The molecule has 3 amide bonds. The van der Waals surface area contributed by atoms with Crippen LogP contribution < -0.4 is 10.6 Å². The van der Waals surface area contributed by atoms with E-state index in [1.807, 2.05) is 18.2 Å². The summed E-state index contributed by atoms with van der Waals surface area (Å²) in [4.78, 5) is 39.2. The predicted molar refractivity (Wildman–Crippen MR) is 103 cm³/mol. The maximum atomic E-state index is 12.8. The van der Waals surface area contributed by atoms with Crippen molar-refractivity contribution in [1.82, 2.24) is 15.5 Å². The van der Waals surface area contributed by atoms with Crippen LogP contribution in [0.25, 0.3) is 0 Å². The second-order valence-electron chi connectivity index (χ2n) is 7.50. The number of piperidine rings is 1. The fourth-order valence-corrected chi connectivity index (χ4v) is 4.00. The van der Waals surface area contributed by atoms with Gasteiger partial charge in [0.25, 0.3) is 5.91 Å². The van der Waals surface area contributed by atoms with Gasteiger partial charge < -0.3 is 15.5 Å². The van der Waals surface area contributed by atoms with E-state index in [9.17, 15) is 14.4 Å². The van der Waals surface area contributed by atoms with Gasteiger partial charge in [0, 0.05) is 18.2 Å². The van der Waals surface area contributed by atoms with Crippen molar-refractivity contribution in [2.75, 3.05) is 13.1 Å². The van der Waals surface area contributed by atoms with Gasteiger partial charge in [-0.2, -0.15) is 0 Å². The lowest BCUT2D eigenvalue weighted by atomic mass is 9.95. The molecule has 3 rings (SSSR count). The van der Waals surface area contributed by atoms with Crippen LogP contribution in [0.2, 0.25) is 0 Å². The Morgan fingerprint density at radius 1 is 0.926 bits per heavy atom. The van der Waals surface area contributed by atoms with E-state index in [0.29, 0.717) is 18.5 Å². The van der Waals surface area contributed by atoms with Crippen molar-refractivity contribution in [2.24, 2.45) is 0 Å². The first-order valence-electron chi connectivity index (χ1n) is 10.1. The third-order valence-electron chi connectivity index (χ3n) is 5.48. The average Bonchev–Trinajstić information content (AvgIpc) is 2.73. The normalized spacial score (nSPS) is 20.7. The highest BCUT2D eigenvalue weighted by Gasteiger charge is 2.32. The van der Waals surface area contributed by atoms with Crippen LogP contribution in [0, 0.1) is 0 Å². The highest BCUT2D eigenvalue weighted by atomic mass is 16.2. The van der Waals surface area contributed by atoms with Gasteiger partial charge in [0.2, 0.25) is 11.8 Å². The van der Waals surface area contributed by atoms with Crippen LogP contribution in [-0.4, -0.2) is 47.8 Å². The van der Waals surface area contributed by atoms with E-state index in [0.717, 1.165) is 38.5 Å². The third-order valence-corrected chi connectivity index (χ3v) is 5.48. The molecule has 146 valence electrons. The minimum absolute atomic E-state index is 0.0286. The molecule has 27 heavy (non-hydrogen) atoms. The number of carbonyl (C=O) groups excluding carboxylic acids is 3. The Balaban J connectivity index is 1.53. The lowest BCUT2D eigenvalue weighted by molar-refractivity contribution is -0.130. The van der Waals surface area contributed by atoms with Crippen molar-refractivity contribution in [3.63, 3.8) is 0 Å². The molecule has 2 fully saturated rings. The zero-order chi connectivity index (χ0) is 19.1. The standard InChI is InChI=1S/C21H29N3O3/c25-19(23-17-11-5-2-6-12-17)15-22-20(26)18-13-7-8-14-24(18)21(27)16-9-3-1-4-10-16/h1,3-4,9-10,17-18H,2,5-8,11-15H2,(H,22,26)(H,23,25). The molecule has 0 radical (unpaired) electrons. The number of amides is 3. The van der Waals surface area contributed by atoms with E-state index in [-0.39, 0.29) is 30.3 Å². The van der Waals surface area contributed by atoms with Crippen molar-refractivity contribution >= 4 is 17.7 Å². The molecule has 0 bridgehead atoms. The van der Waals surface area contributed by atoms with Crippen LogP contribution in [0.15, 0.2) is 30.3 Å². The van der Waals surface area contributed by atoms with Gasteiger partial charge in [0.1, 0.15) is 6.04 Å². The summed E-state index contributed by atoms with van der Waals surface area (Å²) in [5.74, 6) is -0.508. The molecular weight excluding hydrogens is 342 g/mol. The zero-order valence-electron chi connectivity index (χ0n) is 15.8. The summed E-state index contributed by atoms with van der Waals surface area (Å²) in [5.41, 5.74) is 0.590. The van der Waals surface area contributed by atoms with Gasteiger partial charge in [-0.05, 0) is 44.2 Å². The van der Waals surface area contributed by atoms with Gasteiger partial charge in [-0.3, -0.25) is 14.4 Å². The fourth-order valence-electron chi connectivity index (χ4n) is 4.00. The first-order valence-corrected chi connectivity index (χ1v) is 10.1. The van der Waals surface area contributed by atoms with Crippen LogP contribution in [0.1, 0.15) is 61.7 Å². The molecule has 1 saturated carbocycles. The van der Waals surface area contributed by atoms with Gasteiger partial charge in [-0.1, -0.05) is 37.5 Å². The van der Waals surface area contributed by atoms with Crippen LogP contribution in [0.4, 0.5) is 0 Å². The molecule has 0 spiro atoms. The van der Waals surface area contributed by atoms with Crippen LogP contribution in [0.3, 0.4) is 0 Å². The molecule has 1 atom stereocenters. The van der Waals surface area contributed by atoms with E-state index < -0.39 is 6.04 Å². The van der Waals surface area contributed by atoms with Gasteiger partial charge in [0.15, 0.2) is 0 Å². The van der Waals surface area contributed by atoms with Crippen LogP contribution >= 0.6 is 0 Å². The monoisotopic (exact) mass is 371 g/mol. The molecule has 2 N–H and O–H groups in total. The summed E-state index contributed by atoms with van der Waals surface area (Å²) < 4.78 is 0. The number of benzene rings is 1. The molecule has 0 aromatic heterocycles. The summed E-state index contributed by atoms with van der Waals surface area (Å²) in [5, 5.41) is 5.74. The largest absolute Gasteiger partial charge is 0.352 e. The van der Waals surface area contributed by atoms with E-state index in [1.54, 1.807) is 17.0 Å². The van der Waals surface area contributed by atoms with Gasteiger partial charge in [-0.15, -0.1) is 0 Å². The lowest BCUT2D eigenvalue weighted by Gasteiger charge is -2.34. The smallest absolute Gasteiger partial charge is 0.254 e. The Hall–Kier alpha value is -2.37. The molecule has 1 aromatic rings. The SMILES string of the molecule is O=C(CNC(=O)C1CCCCN1C(=O)c1ccccc1)NC1CCCCC1. The summed E-state index contributed by atoms with van der Waals surface area (Å²) >= 11 is 0. The van der Waals surface area contributed by atoms with E-state index >= 15 is 0 Å². The Kier molecular flexibility index (Phi) is 6.85. The molecule has 6 nitrogen and oxygen atoms in total. The predicted octanol–water partition coefficient (Wildman–Crippen LogP) is 2.25. The summed E-state index contributed by atoms with van der Waals surface area (Å²) in [7, 11) is 0. The van der Waals surface area contributed by atoms with Crippen molar-refractivity contribution < 1.29 is 14.4 Å². The van der Waals surface area contributed by atoms with Crippen molar-refractivity contribution in [3.05, 3.63) is 35.9 Å². The first-order chi connectivity index (χ1) is 13.1. The number of rotatable bonds is 5. The van der Waals surface area contributed by atoms with Gasteiger partial charge >= 0.3 is 0 Å². The molecule has 2 aliphatic rings. The van der Waals surface area contributed by atoms with E-state index in [2.05, 4.69) is 10.6 Å². The Morgan fingerprint density at radius 3 is 2.37 bits per heavy atom. The Labute approximate surface area is 160 Å². The molecule has 1 aliphatic heterocycles. The Morgan fingerprint density at radius 2 is 1.63 bits per heavy atom. The summed E-state index contributed by atoms with van der Waals surface area (Å²) in [6.07, 6.45) is 8.00. The van der Waals surface area contributed by atoms with Gasteiger partial charge in [0.05, 0.1) is 6.54 Å². The van der Waals surface area contributed by atoms with Crippen LogP contribution in [-0.2, 0) is 9.59 Å². The molecule has 1 heterocycles.